The Morgan fingerprint density at radius 2 is 2.24 bits per heavy atom. The van der Waals surface area contributed by atoms with Gasteiger partial charge in [-0.3, -0.25) is 9.88 Å². The molecule has 3 heteroatoms. The third-order valence-corrected chi connectivity index (χ3v) is 4.74. The van der Waals surface area contributed by atoms with Crippen LogP contribution in [0.25, 0.3) is 0 Å². The average Bonchev–Trinajstić information content (AvgIpc) is 3.17. The Morgan fingerprint density at radius 1 is 1.24 bits per heavy atom. The predicted molar refractivity (Wildman–Crippen MR) is 85.3 cm³/mol. The van der Waals surface area contributed by atoms with Gasteiger partial charge in [-0.25, -0.2) is 0 Å². The summed E-state index contributed by atoms with van der Waals surface area (Å²) in [7, 11) is 0. The fourth-order valence-electron chi connectivity index (χ4n) is 3.73. The van der Waals surface area contributed by atoms with E-state index >= 15 is 0 Å². The molecule has 2 aromatic rings. The summed E-state index contributed by atoms with van der Waals surface area (Å²) in [6, 6.07) is 11.5. The van der Waals surface area contributed by atoms with Crippen LogP contribution >= 0.6 is 0 Å². The van der Waals surface area contributed by atoms with Gasteiger partial charge < -0.3 is 5.32 Å². The van der Waals surface area contributed by atoms with Gasteiger partial charge in [-0.2, -0.15) is 0 Å². The second-order valence-corrected chi connectivity index (χ2v) is 6.04. The number of benzene rings is 1. The summed E-state index contributed by atoms with van der Waals surface area (Å²) in [5, 5.41) is 3.56. The molecular formula is C18H21N3. The van der Waals surface area contributed by atoms with Gasteiger partial charge in [-0.05, 0) is 48.6 Å². The van der Waals surface area contributed by atoms with E-state index < -0.39 is 0 Å². The molecule has 1 aromatic heterocycles. The van der Waals surface area contributed by atoms with Crippen LogP contribution in [0.1, 0.15) is 35.6 Å². The van der Waals surface area contributed by atoms with E-state index in [-0.39, 0.29) is 0 Å². The maximum Gasteiger partial charge on any atom is 0.0419 e. The predicted octanol–water partition coefficient (Wildman–Crippen LogP) is 3.39. The van der Waals surface area contributed by atoms with Crippen molar-refractivity contribution >= 4 is 5.69 Å². The molecule has 3 nitrogen and oxygen atoms in total. The lowest BCUT2D eigenvalue weighted by atomic mass is 10.0. The monoisotopic (exact) mass is 279 g/mol. The highest BCUT2D eigenvalue weighted by atomic mass is 15.2. The molecule has 1 atom stereocenters. The smallest absolute Gasteiger partial charge is 0.0419 e. The molecule has 1 aromatic carbocycles. The Kier molecular flexibility index (Phi) is 3.36. The summed E-state index contributed by atoms with van der Waals surface area (Å²) >= 11 is 0. The first kappa shape index (κ1) is 12.8. The first-order valence-electron chi connectivity index (χ1n) is 7.90. The van der Waals surface area contributed by atoms with E-state index in [9.17, 15) is 0 Å². The highest BCUT2D eigenvalue weighted by molar-refractivity contribution is 5.61. The van der Waals surface area contributed by atoms with Crippen LogP contribution < -0.4 is 5.32 Å². The van der Waals surface area contributed by atoms with Gasteiger partial charge in [0.15, 0.2) is 0 Å². The van der Waals surface area contributed by atoms with Gasteiger partial charge in [-0.15, -0.1) is 0 Å². The third-order valence-electron chi connectivity index (χ3n) is 4.74. The number of aromatic nitrogens is 1. The van der Waals surface area contributed by atoms with Crippen LogP contribution in [-0.4, -0.2) is 23.0 Å². The second kappa shape index (κ2) is 5.49. The number of hydrogen-bond donors (Lipinski definition) is 1. The number of fused-ring (bicyclic) bond motifs is 1. The molecule has 0 aliphatic carbocycles. The van der Waals surface area contributed by atoms with Gasteiger partial charge in [0, 0.05) is 37.2 Å². The standard InChI is InChI=1S/C18H21N3/c1-4-14-8-10-20-18(14)16(5-1)13-21-11-3-7-17(21)15-6-2-9-19-12-15/h1-2,4-6,9,12,17,20H,3,7-8,10-11,13H2. The lowest BCUT2D eigenvalue weighted by Crippen LogP contribution is -2.23. The summed E-state index contributed by atoms with van der Waals surface area (Å²) < 4.78 is 0. The summed E-state index contributed by atoms with van der Waals surface area (Å²) in [6.45, 7) is 3.30. The number of rotatable bonds is 3. The van der Waals surface area contributed by atoms with E-state index in [2.05, 4.69) is 39.5 Å². The number of nitrogens with zero attached hydrogens (tertiary/aromatic N) is 2. The molecular weight excluding hydrogens is 258 g/mol. The van der Waals surface area contributed by atoms with E-state index in [4.69, 9.17) is 0 Å². The molecule has 3 heterocycles. The maximum absolute atomic E-state index is 4.29. The number of anilines is 1. The molecule has 0 spiro atoms. The Morgan fingerprint density at radius 3 is 3.14 bits per heavy atom. The number of nitrogens with one attached hydrogen (secondary N) is 1. The second-order valence-electron chi connectivity index (χ2n) is 6.04. The summed E-state index contributed by atoms with van der Waals surface area (Å²) in [5.41, 5.74) is 5.66. The van der Waals surface area contributed by atoms with Crippen molar-refractivity contribution in [1.82, 2.24) is 9.88 Å². The molecule has 2 aliphatic heterocycles. The molecule has 0 amide bonds. The molecule has 4 rings (SSSR count). The largest absolute Gasteiger partial charge is 0.384 e. The number of hydrogen-bond acceptors (Lipinski definition) is 3. The fraction of sp³-hybridized carbons (Fsp3) is 0.389. The maximum atomic E-state index is 4.29. The van der Waals surface area contributed by atoms with Crippen molar-refractivity contribution in [2.75, 3.05) is 18.4 Å². The van der Waals surface area contributed by atoms with Crippen LogP contribution in [-0.2, 0) is 13.0 Å². The Balaban J connectivity index is 1.58. The van der Waals surface area contributed by atoms with E-state index in [1.807, 2.05) is 18.5 Å². The van der Waals surface area contributed by atoms with Crippen LogP contribution in [0, 0.1) is 0 Å². The first-order valence-corrected chi connectivity index (χ1v) is 7.90. The minimum atomic E-state index is 0.524. The number of para-hydroxylation sites is 1. The summed E-state index contributed by atoms with van der Waals surface area (Å²) in [5.74, 6) is 0. The molecule has 1 fully saturated rings. The Labute approximate surface area is 126 Å². The number of likely N-dealkylation sites (tertiary alicyclic amines) is 1. The zero-order chi connectivity index (χ0) is 14.1. The van der Waals surface area contributed by atoms with Crippen LogP contribution in [0.15, 0.2) is 42.7 Å². The third kappa shape index (κ3) is 2.42. The fourth-order valence-corrected chi connectivity index (χ4v) is 3.73. The van der Waals surface area contributed by atoms with Crippen molar-refractivity contribution < 1.29 is 0 Å². The number of pyridine rings is 1. The normalized spacial score (nSPS) is 21.2. The van der Waals surface area contributed by atoms with Crippen molar-refractivity contribution in [3.63, 3.8) is 0 Å². The minimum absolute atomic E-state index is 0.524. The zero-order valence-corrected chi connectivity index (χ0v) is 12.3. The summed E-state index contributed by atoms with van der Waals surface area (Å²) in [4.78, 5) is 6.89. The molecule has 21 heavy (non-hydrogen) atoms. The molecule has 0 radical (unpaired) electrons. The van der Waals surface area contributed by atoms with E-state index in [1.165, 1.54) is 41.8 Å². The quantitative estimate of drug-likeness (QED) is 0.933. The van der Waals surface area contributed by atoms with Gasteiger partial charge in [0.25, 0.3) is 0 Å². The zero-order valence-electron chi connectivity index (χ0n) is 12.3. The van der Waals surface area contributed by atoms with Gasteiger partial charge in [0.1, 0.15) is 0 Å². The van der Waals surface area contributed by atoms with Crippen LogP contribution in [0.3, 0.4) is 0 Å². The van der Waals surface area contributed by atoms with Crippen molar-refractivity contribution in [1.29, 1.82) is 0 Å². The Hall–Kier alpha value is -1.87. The van der Waals surface area contributed by atoms with Crippen LogP contribution in [0.5, 0.6) is 0 Å². The molecule has 108 valence electrons. The lowest BCUT2D eigenvalue weighted by Gasteiger charge is -2.25. The molecule has 0 saturated carbocycles. The van der Waals surface area contributed by atoms with Crippen molar-refractivity contribution in [3.05, 3.63) is 59.4 Å². The van der Waals surface area contributed by atoms with E-state index in [0.29, 0.717) is 6.04 Å². The van der Waals surface area contributed by atoms with Crippen LogP contribution in [0.2, 0.25) is 0 Å². The average molecular weight is 279 g/mol. The lowest BCUT2D eigenvalue weighted by molar-refractivity contribution is 0.248. The van der Waals surface area contributed by atoms with E-state index in [0.717, 1.165) is 19.5 Å². The molecule has 1 saturated heterocycles. The molecule has 1 N–H and O–H groups in total. The van der Waals surface area contributed by atoms with Crippen molar-refractivity contribution in [3.8, 4) is 0 Å². The highest BCUT2D eigenvalue weighted by Gasteiger charge is 2.27. The van der Waals surface area contributed by atoms with Crippen molar-refractivity contribution in [2.45, 2.75) is 31.8 Å². The van der Waals surface area contributed by atoms with Gasteiger partial charge in [-0.1, -0.05) is 24.3 Å². The topological polar surface area (TPSA) is 28.2 Å². The molecule has 0 bridgehead atoms. The molecule has 1 unspecified atom stereocenters. The highest BCUT2D eigenvalue weighted by Crippen LogP contribution is 2.35. The summed E-state index contributed by atoms with van der Waals surface area (Å²) in [6.07, 6.45) is 7.57. The van der Waals surface area contributed by atoms with Gasteiger partial charge in [0.2, 0.25) is 0 Å². The Bertz CT molecular complexity index is 624. The SMILES string of the molecule is c1cncc(C2CCCN2Cc2cccc3c2NCC3)c1. The molecule has 2 aliphatic rings. The first-order chi connectivity index (χ1) is 10.4. The van der Waals surface area contributed by atoms with Crippen LogP contribution in [0.4, 0.5) is 5.69 Å². The van der Waals surface area contributed by atoms with Crippen molar-refractivity contribution in [2.24, 2.45) is 0 Å². The minimum Gasteiger partial charge on any atom is -0.384 e. The van der Waals surface area contributed by atoms with E-state index in [1.54, 1.807) is 0 Å². The van der Waals surface area contributed by atoms with Gasteiger partial charge in [0.05, 0.1) is 0 Å². The van der Waals surface area contributed by atoms with Gasteiger partial charge >= 0.3 is 0 Å².